The maximum absolute atomic E-state index is 13.5. The Kier molecular flexibility index (Phi) is 6.15. The van der Waals surface area contributed by atoms with Crippen molar-refractivity contribution in [3.8, 4) is 17.1 Å². The maximum atomic E-state index is 13.5. The van der Waals surface area contributed by atoms with Crippen molar-refractivity contribution in [1.29, 1.82) is 0 Å². The first-order valence-corrected chi connectivity index (χ1v) is 10.8. The third-order valence-corrected chi connectivity index (χ3v) is 5.76. The van der Waals surface area contributed by atoms with E-state index in [1.54, 1.807) is 12.1 Å². The lowest BCUT2D eigenvalue weighted by atomic mass is 10.2. The van der Waals surface area contributed by atoms with Crippen LogP contribution in [-0.4, -0.2) is 56.6 Å². The van der Waals surface area contributed by atoms with Crippen LogP contribution in [0.4, 0.5) is 4.39 Å². The molecule has 30 heavy (non-hydrogen) atoms. The number of thioether (sulfide) groups is 1. The predicted octanol–water partition coefficient (Wildman–Crippen LogP) is 3.80. The van der Waals surface area contributed by atoms with E-state index in [4.69, 9.17) is 4.74 Å². The molecule has 2 atom stereocenters. The van der Waals surface area contributed by atoms with Crippen LogP contribution in [0.1, 0.15) is 13.8 Å². The van der Waals surface area contributed by atoms with Crippen molar-refractivity contribution in [3.63, 3.8) is 0 Å². The molecule has 0 aliphatic carbocycles. The second-order valence-electron chi connectivity index (χ2n) is 7.33. The fraction of sp³-hybridized carbons (Fsp3) is 0.318. The van der Waals surface area contributed by atoms with Gasteiger partial charge in [-0.2, -0.15) is 0 Å². The normalized spacial score (nSPS) is 19.1. The molecule has 1 saturated heterocycles. The average molecular weight is 427 g/mol. The number of hydrogen-bond donors (Lipinski definition) is 0. The molecule has 3 aromatic rings. The lowest BCUT2D eigenvalue weighted by molar-refractivity contribution is -0.140. The summed E-state index contributed by atoms with van der Waals surface area (Å²) < 4.78 is 21.0. The smallest absolute Gasteiger partial charge is 0.233 e. The van der Waals surface area contributed by atoms with Crippen molar-refractivity contribution in [1.82, 2.24) is 19.7 Å². The van der Waals surface area contributed by atoms with Crippen LogP contribution in [0.25, 0.3) is 17.1 Å². The molecule has 2 heterocycles. The quantitative estimate of drug-likeness (QED) is 0.581. The minimum absolute atomic E-state index is 0.0234. The van der Waals surface area contributed by atoms with Crippen LogP contribution in [-0.2, 0) is 9.53 Å². The van der Waals surface area contributed by atoms with Crippen molar-refractivity contribution in [2.45, 2.75) is 31.2 Å². The lowest BCUT2D eigenvalue weighted by Gasteiger charge is -2.35. The Labute approximate surface area is 179 Å². The third kappa shape index (κ3) is 4.55. The predicted molar refractivity (Wildman–Crippen MR) is 114 cm³/mol. The number of benzene rings is 2. The summed E-state index contributed by atoms with van der Waals surface area (Å²) >= 11 is 1.33. The lowest BCUT2D eigenvalue weighted by Crippen LogP contribution is -2.48. The number of morpholine rings is 1. The Hall–Kier alpha value is -2.71. The molecule has 0 saturated carbocycles. The number of amides is 1. The average Bonchev–Trinajstić information content (AvgIpc) is 3.16. The van der Waals surface area contributed by atoms with Crippen LogP contribution >= 0.6 is 11.8 Å². The highest BCUT2D eigenvalue weighted by atomic mass is 32.2. The van der Waals surface area contributed by atoms with E-state index >= 15 is 0 Å². The molecule has 1 amide bonds. The number of rotatable bonds is 5. The Balaban J connectivity index is 1.59. The Morgan fingerprint density at radius 2 is 1.73 bits per heavy atom. The van der Waals surface area contributed by atoms with Crippen LogP contribution in [0, 0.1) is 5.82 Å². The molecule has 0 radical (unpaired) electrons. The van der Waals surface area contributed by atoms with Crippen molar-refractivity contribution in [2.75, 3.05) is 18.8 Å². The van der Waals surface area contributed by atoms with Crippen molar-refractivity contribution < 1.29 is 13.9 Å². The number of aromatic nitrogens is 3. The fourth-order valence-electron chi connectivity index (χ4n) is 3.56. The number of halogens is 1. The highest BCUT2D eigenvalue weighted by Crippen LogP contribution is 2.28. The molecule has 0 N–H and O–H groups in total. The fourth-order valence-corrected chi connectivity index (χ4v) is 4.41. The van der Waals surface area contributed by atoms with Crippen LogP contribution in [0.15, 0.2) is 59.8 Å². The molecule has 1 fully saturated rings. The molecular formula is C22H23FN4O2S. The van der Waals surface area contributed by atoms with Crippen molar-refractivity contribution in [2.24, 2.45) is 0 Å². The molecular weight excluding hydrogens is 403 g/mol. The number of carbonyl (C=O) groups is 1. The molecule has 0 bridgehead atoms. The summed E-state index contributed by atoms with van der Waals surface area (Å²) in [5, 5.41) is 9.26. The van der Waals surface area contributed by atoms with Gasteiger partial charge >= 0.3 is 0 Å². The summed E-state index contributed by atoms with van der Waals surface area (Å²) in [7, 11) is 0. The molecule has 4 rings (SSSR count). The standard InChI is InChI=1S/C22H23FN4O2S/c1-15-12-26(13-16(2)29-15)20(28)14-30-22-25-24-21(17-6-4-3-5-7-17)27(22)19-10-8-18(23)9-11-19/h3-11,15-16H,12-14H2,1-2H3/t15-,16-/m0/s1. The van der Waals surface area contributed by atoms with E-state index in [9.17, 15) is 9.18 Å². The van der Waals surface area contributed by atoms with Gasteiger partial charge in [0.25, 0.3) is 0 Å². The molecule has 1 aliphatic heterocycles. The molecule has 0 spiro atoms. The van der Waals surface area contributed by atoms with E-state index in [0.29, 0.717) is 24.1 Å². The van der Waals surface area contributed by atoms with Gasteiger partial charge in [-0.25, -0.2) is 4.39 Å². The second-order valence-corrected chi connectivity index (χ2v) is 8.27. The zero-order valence-corrected chi connectivity index (χ0v) is 17.7. The summed E-state index contributed by atoms with van der Waals surface area (Å²) in [5.74, 6) is 0.615. The number of carbonyl (C=O) groups excluding carboxylic acids is 1. The van der Waals surface area contributed by atoms with E-state index in [1.807, 2.05) is 53.6 Å². The summed E-state index contributed by atoms with van der Waals surface area (Å²) in [6.45, 7) is 5.12. The minimum Gasteiger partial charge on any atom is -0.372 e. The zero-order chi connectivity index (χ0) is 21.1. The monoisotopic (exact) mass is 426 g/mol. The van der Waals surface area contributed by atoms with E-state index in [1.165, 1.54) is 23.9 Å². The zero-order valence-electron chi connectivity index (χ0n) is 16.9. The van der Waals surface area contributed by atoms with Gasteiger partial charge in [0, 0.05) is 24.3 Å². The van der Waals surface area contributed by atoms with Gasteiger partial charge in [-0.1, -0.05) is 42.1 Å². The van der Waals surface area contributed by atoms with Crippen LogP contribution < -0.4 is 0 Å². The Bertz CT molecular complexity index is 1000. The van der Waals surface area contributed by atoms with E-state index in [0.717, 1.165) is 11.3 Å². The second kappa shape index (κ2) is 8.97. The maximum Gasteiger partial charge on any atom is 0.233 e. The molecule has 2 aromatic carbocycles. The van der Waals surface area contributed by atoms with E-state index in [2.05, 4.69) is 10.2 Å². The van der Waals surface area contributed by atoms with Gasteiger partial charge in [-0.05, 0) is 38.1 Å². The summed E-state index contributed by atoms with van der Waals surface area (Å²) in [5.41, 5.74) is 1.63. The number of hydrogen-bond acceptors (Lipinski definition) is 5. The van der Waals surface area contributed by atoms with Gasteiger partial charge < -0.3 is 9.64 Å². The highest BCUT2D eigenvalue weighted by Gasteiger charge is 2.26. The first-order chi connectivity index (χ1) is 14.5. The molecule has 0 unspecified atom stereocenters. The topological polar surface area (TPSA) is 60.2 Å². The van der Waals surface area contributed by atoms with Crippen molar-refractivity contribution >= 4 is 17.7 Å². The van der Waals surface area contributed by atoms with E-state index < -0.39 is 0 Å². The molecule has 156 valence electrons. The van der Waals surface area contributed by atoms with E-state index in [-0.39, 0.29) is 29.7 Å². The van der Waals surface area contributed by atoms with Gasteiger partial charge in [-0.15, -0.1) is 10.2 Å². The molecule has 1 aliphatic rings. The first kappa shape index (κ1) is 20.6. The van der Waals surface area contributed by atoms with Gasteiger partial charge in [0.15, 0.2) is 11.0 Å². The summed E-state index contributed by atoms with van der Waals surface area (Å²) in [6.07, 6.45) is 0.0468. The molecule has 6 nitrogen and oxygen atoms in total. The van der Waals surface area contributed by atoms with Gasteiger partial charge in [0.2, 0.25) is 5.91 Å². The number of nitrogens with zero attached hydrogens (tertiary/aromatic N) is 4. The van der Waals surface area contributed by atoms with Crippen LogP contribution in [0.2, 0.25) is 0 Å². The van der Waals surface area contributed by atoms with Gasteiger partial charge in [0.05, 0.1) is 18.0 Å². The summed E-state index contributed by atoms with van der Waals surface area (Å²) in [6, 6.07) is 15.8. The number of ether oxygens (including phenoxy) is 1. The highest BCUT2D eigenvalue weighted by molar-refractivity contribution is 7.99. The summed E-state index contributed by atoms with van der Waals surface area (Å²) in [4.78, 5) is 14.6. The van der Waals surface area contributed by atoms with Crippen molar-refractivity contribution in [3.05, 3.63) is 60.4 Å². The Morgan fingerprint density at radius 1 is 1.07 bits per heavy atom. The first-order valence-electron chi connectivity index (χ1n) is 9.84. The van der Waals surface area contributed by atoms with Gasteiger partial charge in [0.1, 0.15) is 5.82 Å². The third-order valence-electron chi connectivity index (χ3n) is 4.85. The molecule has 8 heteroatoms. The molecule has 1 aromatic heterocycles. The van der Waals surface area contributed by atoms with Gasteiger partial charge in [-0.3, -0.25) is 9.36 Å². The largest absolute Gasteiger partial charge is 0.372 e. The van der Waals surface area contributed by atoms with Crippen LogP contribution in [0.5, 0.6) is 0 Å². The Morgan fingerprint density at radius 3 is 2.40 bits per heavy atom. The minimum atomic E-state index is -0.312. The van der Waals surface area contributed by atoms with Crippen LogP contribution in [0.3, 0.4) is 0 Å². The SMILES string of the molecule is C[C@H]1CN(C(=O)CSc2nnc(-c3ccccc3)n2-c2ccc(F)cc2)C[C@H](C)O1.